The SMILES string of the molecule is COCCN(CCO)C(=O)NCCOCCC(=O)O. The first kappa shape index (κ1) is 17.6. The lowest BCUT2D eigenvalue weighted by molar-refractivity contribution is -0.138. The summed E-state index contributed by atoms with van der Waals surface area (Å²) in [5.41, 5.74) is 0. The third-order valence-corrected chi connectivity index (χ3v) is 2.21. The molecule has 0 atom stereocenters. The molecule has 0 heterocycles. The average molecular weight is 278 g/mol. The van der Waals surface area contributed by atoms with Gasteiger partial charge < -0.3 is 29.9 Å². The molecular formula is C11H22N2O6. The van der Waals surface area contributed by atoms with Crippen LogP contribution < -0.4 is 5.32 Å². The summed E-state index contributed by atoms with van der Waals surface area (Å²) in [6, 6.07) is -0.312. The summed E-state index contributed by atoms with van der Waals surface area (Å²) in [5, 5.41) is 19.8. The van der Waals surface area contributed by atoms with E-state index in [2.05, 4.69) is 5.32 Å². The summed E-state index contributed by atoms with van der Waals surface area (Å²) in [7, 11) is 1.53. The van der Waals surface area contributed by atoms with Crippen LogP contribution in [0.25, 0.3) is 0 Å². The van der Waals surface area contributed by atoms with E-state index < -0.39 is 5.97 Å². The van der Waals surface area contributed by atoms with Gasteiger partial charge in [0.2, 0.25) is 0 Å². The van der Waals surface area contributed by atoms with E-state index in [-0.39, 0.29) is 45.4 Å². The Morgan fingerprint density at radius 1 is 1.21 bits per heavy atom. The van der Waals surface area contributed by atoms with Gasteiger partial charge in [0.25, 0.3) is 0 Å². The lowest BCUT2D eigenvalue weighted by atomic mass is 10.5. The van der Waals surface area contributed by atoms with E-state index in [4.69, 9.17) is 19.7 Å². The van der Waals surface area contributed by atoms with Crippen LogP contribution in [0.4, 0.5) is 4.79 Å². The highest BCUT2D eigenvalue weighted by Gasteiger charge is 2.11. The third kappa shape index (κ3) is 10.2. The molecule has 0 rings (SSSR count). The zero-order valence-corrected chi connectivity index (χ0v) is 11.1. The molecule has 0 spiro atoms. The Morgan fingerprint density at radius 2 is 1.95 bits per heavy atom. The lowest BCUT2D eigenvalue weighted by Gasteiger charge is -2.21. The van der Waals surface area contributed by atoms with E-state index in [1.165, 1.54) is 12.0 Å². The highest BCUT2D eigenvalue weighted by atomic mass is 16.5. The van der Waals surface area contributed by atoms with Crippen LogP contribution in [0, 0.1) is 0 Å². The zero-order chi connectivity index (χ0) is 14.5. The number of ether oxygens (including phenoxy) is 2. The Kier molecular flexibility index (Phi) is 10.8. The van der Waals surface area contributed by atoms with Crippen molar-refractivity contribution in [2.45, 2.75) is 6.42 Å². The molecule has 8 heteroatoms. The Morgan fingerprint density at radius 3 is 2.53 bits per heavy atom. The van der Waals surface area contributed by atoms with Crippen LogP contribution in [0.1, 0.15) is 6.42 Å². The van der Waals surface area contributed by atoms with Gasteiger partial charge in [-0.3, -0.25) is 4.79 Å². The van der Waals surface area contributed by atoms with Gasteiger partial charge in [0, 0.05) is 26.7 Å². The number of methoxy groups -OCH3 is 1. The fourth-order valence-electron chi connectivity index (χ4n) is 1.24. The summed E-state index contributed by atoms with van der Waals surface area (Å²) >= 11 is 0. The predicted octanol–water partition coefficient (Wildman–Crippen LogP) is -0.872. The van der Waals surface area contributed by atoms with E-state index in [9.17, 15) is 9.59 Å². The molecule has 0 radical (unpaired) electrons. The van der Waals surface area contributed by atoms with Crippen molar-refractivity contribution in [1.29, 1.82) is 0 Å². The third-order valence-electron chi connectivity index (χ3n) is 2.21. The van der Waals surface area contributed by atoms with Gasteiger partial charge in [0.05, 0.1) is 32.8 Å². The summed E-state index contributed by atoms with van der Waals surface area (Å²) in [5.74, 6) is -0.919. The number of aliphatic carboxylic acids is 1. The molecular weight excluding hydrogens is 256 g/mol. The van der Waals surface area contributed by atoms with Gasteiger partial charge in [-0.1, -0.05) is 0 Å². The van der Waals surface area contributed by atoms with Gasteiger partial charge in [0.15, 0.2) is 0 Å². The normalized spacial score (nSPS) is 10.2. The fourth-order valence-corrected chi connectivity index (χ4v) is 1.24. The van der Waals surface area contributed by atoms with Crippen LogP contribution in [-0.2, 0) is 14.3 Å². The zero-order valence-electron chi connectivity index (χ0n) is 11.1. The molecule has 0 aromatic heterocycles. The molecule has 2 amide bonds. The molecule has 0 aliphatic heterocycles. The average Bonchev–Trinajstić information content (AvgIpc) is 2.38. The van der Waals surface area contributed by atoms with Gasteiger partial charge in [0.1, 0.15) is 0 Å². The molecule has 0 fully saturated rings. The van der Waals surface area contributed by atoms with Crippen molar-refractivity contribution >= 4 is 12.0 Å². The highest BCUT2D eigenvalue weighted by Crippen LogP contribution is 1.90. The van der Waals surface area contributed by atoms with Gasteiger partial charge in [-0.2, -0.15) is 0 Å². The Hall–Kier alpha value is -1.38. The van der Waals surface area contributed by atoms with Gasteiger partial charge in [-0.05, 0) is 0 Å². The number of amides is 2. The number of carbonyl (C=O) groups excluding carboxylic acids is 1. The van der Waals surface area contributed by atoms with Gasteiger partial charge in [-0.25, -0.2) is 4.79 Å². The summed E-state index contributed by atoms with van der Waals surface area (Å²) < 4.78 is 9.89. The molecule has 112 valence electrons. The maximum Gasteiger partial charge on any atom is 0.317 e. The second-order valence-corrected chi connectivity index (χ2v) is 3.69. The van der Waals surface area contributed by atoms with Crippen LogP contribution >= 0.6 is 0 Å². The molecule has 3 N–H and O–H groups in total. The fraction of sp³-hybridized carbons (Fsp3) is 0.818. The molecule has 0 unspecified atom stereocenters. The summed E-state index contributed by atoms with van der Waals surface area (Å²) in [4.78, 5) is 23.3. The van der Waals surface area contributed by atoms with Crippen molar-refractivity contribution in [2.75, 3.05) is 53.2 Å². The topological polar surface area (TPSA) is 108 Å². The number of rotatable bonds is 11. The number of aliphatic hydroxyl groups excluding tert-OH is 1. The van der Waals surface area contributed by atoms with Crippen LogP contribution in [0.2, 0.25) is 0 Å². The first-order chi connectivity index (χ1) is 9.11. The standard InChI is InChI=1S/C11H22N2O6/c1-18-9-5-13(4-6-14)11(17)12-3-8-19-7-2-10(15)16/h14H,2-9H2,1H3,(H,12,17)(H,15,16). The minimum atomic E-state index is -0.919. The molecule has 19 heavy (non-hydrogen) atoms. The summed E-state index contributed by atoms with van der Waals surface area (Å²) in [6.07, 6.45) is -0.0571. The number of carbonyl (C=O) groups is 2. The molecule has 0 aromatic rings. The highest BCUT2D eigenvalue weighted by molar-refractivity contribution is 5.74. The van der Waals surface area contributed by atoms with E-state index >= 15 is 0 Å². The molecule has 0 saturated carbocycles. The van der Waals surface area contributed by atoms with Gasteiger partial charge >= 0.3 is 12.0 Å². The van der Waals surface area contributed by atoms with Crippen molar-refractivity contribution in [3.8, 4) is 0 Å². The molecule has 0 saturated heterocycles. The predicted molar refractivity (Wildman–Crippen MR) is 67.0 cm³/mol. The van der Waals surface area contributed by atoms with Crippen LogP contribution in [0.5, 0.6) is 0 Å². The van der Waals surface area contributed by atoms with Crippen LogP contribution in [-0.4, -0.2) is 80.3 Å². The van der Waals surface area contributed by atoms with Crippen molar-refractivity contribution in [1.82, 2.24) is 10.2 Å². The minimum absolute atomic E-state index is 0.0571. The molecule has 8 nitrogen and oxygen atoms in total. The Balaban J connectivity index is 3.70. The van der Waals surface area contributed by atoms with Crippen molar-refractivity contribution in [2.24, 2.45) is 0 Å². The number of aliphatic hydroxyl groups is 1. The summed E-state index contributed by atoms with van der Waals surface area (Å²) in [6.45, 7) is 1.55. The quantitative estimate of drug-likeness (QED) is 0.424. The number of hydrogen-bond donors (Lipinski definition) is 3. The molecule has 0 aliphatic carbocycles. The number of urea groups is 1. The smallest absolute Gasteiger partial charge is 0.317 e. The number of hydrogen-bond acceptors (Lipinski definition) is 5. The maximum atomic E-state index is 11.7. The monoisotopic (exact) mass is 278 g/mol. The van der Waals surface area contributed by atoms with Crippen LogP contribution in [0.15, 0.2) is 0 Å². The van der Waals surface area contributed by atoms with Gasteiger partial charge in [-0.15, -0.1) is 0 Å². The van der Waals surface area contributed by atoms with Crippen molar-refractivity contribution in [3.63, 3.8) is 0 Å². The Bertz CT molecular complexity index is 262. The molecule has 0 bridgehead atoms. The molecule has 0 aliphatic rings. The first-order valence-corrected chi connectivity index (χ1v) is 6.04. The van der Waals surface area contributed by atoms with Crippen molar-refractivity contribution < 1.29 is 29.3 Å². The van der Waals surface area contributed by atoms with E-state index in [1.807, 2.05) is 0 Å². The largest absolute Gasteiger partial charge is 0.481 e. The lowest BCUT2D eigenvalue weighted by Crippen LogP contribution is -2.44. The second-order valence-electron chi connectivity index (χ2n) is 3.69. The van der Waals surface area contributed by atoms with Crippen LogP contribution in [0.3, 0.4) is 0 Å². The number of carboxylic acids is 1. The minimum Gasteiger partial charge on any atom is -0.481 e. The first-order valence-electron chi connectivity index (χ1n) is 6.04. The molecule has 0 aromatic carbocycles. The van der Waals surface area contributed by atoms with E-state index in [0.717, 1.165) is 0 Å². The van der Waals surface area contributed by atoms with E-state index in [0.29, 0.717) is 13.2 Å². The van der Waals surface area contributed by atoms with Crippen molar-refractivity contribution in [3.05, 3.63) is 0 Å². The number of nitrogens with zero attached hydrogens (tertiary/aromatic N) is 1. The number of nitrogens with one attached hydrogen (secondary N) is 1. The second kappa shape index (κ2) is 11.7. The number of carboxylic acid groups (broad SMARTS) is 1. The Labute approximate surface area is 112 Å². The maximum absolute atomic E-state index is 11.7. The van der Waals surface area contributed by atoms with E-state index in [1.54, 1.807) is 0 Å².